The van der Waals surface area contributed by atoms with Crippen molar-refractivity contribution in [3.05, 3.63) is 88.5 Å². The number of aryl methyl sites for hydroxylation is 2. The van der Waals surface area contributed by atoms with Gasteiger partial charge in [0, 0.05) is 0 Å². The highest BCUT2D eigenvalue weighted by molar-refractivity contribution is 6.39. The molecule has 1 aliphatic heterocycles. The van der Waals surface area contributed by atoms with Gasteiger partial charge in [-0.3, -0.25) is 14.9 Å². The Hall–Kier alpha value is -4.59. The van der Waals surface area contributed by atoms with Crippen molar-refractivity contribution in [1.29, 1.82) is 0 Å². The minimum absolute atomic E-state index is 0.184. The van der Waals surface area contributed by atoms with Gasteiger partial charge in [0.1, 0.15) is 17.9 Å². The van der Waals surface area contributed by atoms with Crippen LogP contribution < -0.4 is 24.4 Å². The molecule has 1 aliphatic rings. The van der Waals surface area contributed by atoms with Gasteiger partial charge in [-0.2, -0.15) is 0 Å². The number of barbiturate groups is 1. The molecule has 0 saturated carbocycles. The Kier molecular flexibility index (Phi) is 7.05. The lowest BCUT2D eigenvalue weighted by molar-refractivity contribution is -0.122. The smallest absolute Gasteiger partial charge is 0.335 e. The number of hydrogen-bond acceptors (Lipinski definition) is 6. The number of anilines is 1. The van der Waals surface area contributed by atoms with Gasteiger partial charge in [-0.05, 0) is 78.6 Å². The van der Waals surface area contributed by atoms with Crippen LogP contribution in [0.15, 0.2) is 66.2 Å². The summed E-state index contributed by atoms with van der Waals surface area (Å²) in [6.07, 6.45) is 1.41. The van der Waals surface area contributed by atoms with Crippen molar-refractivity contribution in [3.63, 3.8) is 0 Å². The second kappa shape index (κ2) is 10.4. The molecule has 1 saturated heterocycles. The Bertz CT molecular complexity index is 1360. The van der Waals surface area contributed by atoms with Crippen LogP contribution in [0.5, 0.6) is 17.2 Å². The van der Waals surface area contributed by atoms with Gasteiger partial charge in [-0.25, -0.2) is 9.69 Å². The summed E-state index contributed by atoms with van der Waals surface area (Å²) in [4.78, 5) is 39.0. The molecule has 4 rings (SSSR count). The average molecular weight is 487 g/mol. The van der Waals surface area contributed by atoms with Crippen molar-refractivity contribution in [2.45, 2.75) is 20.5 Å². The molecule has 36 heavy (non-hydrogen) atoms. The molecule has 4 amide bonds. The molecule has 8 heteroatoms. The van der Waals surface area contributed by atoms with Crippen LogP contribution in [-0.2, 0) is 16.2 Å². The second-order valence-electron chi connectivity index (χ2n) is 8.27. The summed E-state index contributed by atoms with van der Waals surface area (Å²) in [6, 6.07) is 16.8. The SMILES string of the molecule is COc1ccc(N2C(=O)NC(=O)/C(=C\c3ccc(OCc4ccc(C)c(C)c4)c(OC)c3)C2=O)cc1. The second-order valence-corrected chi connectivity index (χ2v) is 8.27. The van der Waals surface area contributed by atoms with Gasteiger partial charge in [0.2, 0.25) is 0 Å². The van der Waals surface area contributed by atoms with Crippen LogP contribution in [0, 0.1) is 13.8 Å². The number of imide groups is 2. The van der Waals surface area contributed by atoms with Crippen molar-refractivity contribution in [3.8, 4) is 17.2 Å². The minimum Gasteiger partial charge on any atom is -0.497 e. The number of nitrogens with one attached hydrogen (secondary N) is 1. The summed E-state index contributed by atoms with van der Waals surface area (Å²) in [5, 5.41) is 2.22. The summed E-state index contributed by atoms with van der Waals surface area (Å²) < 4.78 is 16.5. The van der Waals surface area contributed by atoms with Crippen LogP contribution in [0.3, 0.4) is 0 Å². The van der Waals surface area contributed by atoms with Crippen LogP contribution in [0.2, 0.25) is 0 Å². The van der Waals surface area contributed by atoms with Crippen LogP contribution in [-0.4, -0.2) is 32.1 Å². The first kappa shape index (κ1) is 24.5. The first-order valence-corrected chi connectivity index (χ1v) is 11.2. The monoisotopic (exact) mass is 486 g/mol. The largest absolute Gasteiger partial charge is 0.497 e. The van der Waals surface area contributed by atoms with Crippen LogP contribution >= 0.6 is 0 Å². The molecule has 0 aliphatic carbocycles. The van der Waals surface area contributed by atoms with E-state index >= 15 is 0 Å². The Labute approximate surface area is 209 Å². The zero-order valence-corrected chi connectivity index (χ0v) is 20.5. The van der Waals surface area contributed by atoms with Gasteiger partial charge >= 0.3 is 6.03 Å². The fourth-order valence-electron chi connectivity index (χ4n) is 3.74. The third-order valence-corrected chi connectivity index (χ3v) is 5.90. The zero-order valence-electron chi connectivity index (χ0n) is 20.5. The molecule has 1 heterocycles. The number of nitrogens with zero attached hydrogens (tertiary/aromatic N) is 1. The standard InChI is InChI=1S/C28H26N2O6/c1-17-5-6-20(13-18(17)2)16-36-24-12-7-19(15-25(24)35-4)14-23-26(31)29-28(33)30(27(23)32)21-8-10-22(34-3)11-9-21/h5-15H,16H2,1-4H3,(H,29,31,33)/b23-14+. The summed E-state index contributed by atoms with van der Waals surface area (Å²) in [5.74, 6) is 0.0291. The van der Waals surface area contributed by atoms with E-state index in [0.29, 0.717) is 35.1 Å². The number of urea groups is 1. The van der Waals surface area contributed by atoms with Crippen molar-refractivity contribution in [1.82, 2.24) is 5.32 Å². The van der Waals surface area contributed by atoms with Crippen molar-refractivity contribution >= 4 is 29.6 Å². The molecule has 0 atom stereocenters. The number of benzene rings is 3. The van der Waals surface area contributed by atoms with E-state index in [2.05, 4.69) is 18.3 Å². The number of carbonyl (C=O) groups is 3. The molecular formula is C28H26N2O6. The van der Waals surface area contributed by atoms with E-state index in [1.807, 2.05) is 19.1 Å². The lowest BCUT2D eigenvalue weighted by atomic mass is 10.1. The van der Waals surface area contributed by atoms with E-state index in [0.717, 1.165) is 10.5 Å². The van der Waals surface area contributed by atoms with Gasteiger partial charge < -0.3 is 14.2 Å². The maximum atomic E-state index is 13.1. The number of rotatable bonds is 7. The Morgan fingerprint density at radius 3 is 2.25 bits per heavy atom. The number of methoxy groups -OCH3 is 2. The summed E-state index contributed by atoms with van der Waals surface area (Å²) in [7, 11) is 3.03. The number of carbonyl (C=O) groups excluding carboxylic acids is 3. The molecular weight excluding hydrogens is 460 g/mol. The Morgan fingerprint density at radius 2 is 1.58 bits per heavy atom. The van der Waals surface area contributed by atoms with Gasteiger partial charge in [-0.1, -0.05) is 24.3 Å². The highest BCUT2D eigenvalue weighted by Crippen LogP contribution is 2.31. The Balaban J connectivity index is 1.57. The first-order valence-electron chi connectivity index (χ1n) is 11.2. The lowest BCUT2D eigenvalue weighted by Crippen LogP contribution is -2.54. The van der Waals surface area contributed by atoms with E-state index in [4.69, 9.17) is 14.2 Å². The normalized spacial score (nSPS) is 14.6. The fourth-order valence-corrected chi connectivity index (χ4v) is 3.74. The topological polar surface area (TPSA) is 94.2 Å². The van der Waals surface area contributed by atoms with E-state index in [-0.39, 0.29) is 5.57 Å². The average Bonchev–Trinajstić information content (AvgIpc) is 2.87. The quantitative estimate of drug-likeness (QED) is 0.389. The van der Waals surface area contributed by atoms with Crippen molar-refractivity contribution in [2.24, 2.45) is 0 Å². The van der Waals surface area contributed by atoms with E-state index < -0.39 is 17.8 Å². The third-order valence-electron chi connectivity index (χ3n) is 5.90. The van der Waals surface area contributed by atoms with Crippen LogP contribution in [0.25, 0.3) is 6.08 Å². The molecule has 0 spiro atoms. The summed E-state index contributed by atoms with van der Waals surface area (Å²) in [6.45, 7) is 4.46. The van der Waals surface area contributed by atoms with Gasteiger partial charge in [-0.15, -0.1) is 0 Å². The Morgan fingerprint density at radius 1 is 0.833 bits per heavy atom. The third kappa shape index (κ3) is 5.07. The molecule has 1 N–H and O–H groups in total. The predicted molar refractivity (Wildman–Crippen MR) is 135 cm³/mol. The molecule has 0 bridgehead atoms. The summed E-state index contributed by atoms with van der Waals surface area (Å²) in [5.41, 5.74) is 4.08. The molecule has 0 radical (unpaired) electrons. The van der Waals surface area contributed by atoms with E-state index in [1.165, 1.54) is 31.4 Å². The van der Waals surface area contributed by atoms with E-state index in [9.17, 15) is 14.4 Å². The highest BCUT2D eigenvalue weighted by Gasteiger charge is 2.36. The highest BCUT2D eigenvalue weighted by atomic mass is 16.5. The summed E-state index contributed by atoms with van der Waals surface area (Å²) >= 11 is 0. The molecule has 3 aromatic carbocycles. The number of ether oxygens (including phenoxy) is 3. The maximum Gasteiger partial charge on any atom is 0.335 e. The van der Waals surface area contributed by atoms with Crippen LogP contribution in [0.1, 0.15) is 22.3 Å². The lowest BCUT2D eigenvalue weighted by Gasteiger charge is -2.26. The molecule has 0 aromatic heterocycles. The van der Waals surface area contributed by atoms with Crippen molar-refractivity contribution in [2.75, 3.05) is 19.1 Å². The van der Waals surface area contributed by atoms with Gasteiger partial charge in [0.15, 0.2) is 11.5 Å². The van der Waals surface area contributed by atoms with Crippen molar-refractivity contribution < 1.29 is 28.6 Å². The minimum atomic E-state index is -0.819. The predicted octanol–water partition coefficient (Wildman–Crippen LogP) is 4.57. The number of amides is 4. The first-order chi connectivity index (χ1) is 17.3. The van der Waals surface area contributed by atoms with Gasteiger partial charge in [0.05, 0.1) is 19.9 Å². The number of hydrogen-bond donors (Lipinski definition) is 1. The van der Waals surface area contributed by atoms with E-state index in [1.54, 1.807) is 42.5 Å². The molecule has 184 valence electrons. The zero-order chi connectivity index (χ0) is 25.8. The molecule has 1 fully saturated rings. The molecule has 3 aromatic rings. The fraction of sp³-hybridized carbons (Fsp3) is 0.179. The van der Waals surface area contributed by atoms with Crippen LogP contribution in [0.4, 0.5) is 10.5 Å². The molecule has 0 unspecified atom stereocenters. The maximum absolute atomic E-state index is 13.1. The molecule has 8 nitrogen and oxygen atoms in total. The van der Waals surface area contributed by atoms with Gasteiger partial charge in [0.25, 0.3) is 11.8 Å².